The van der Waals surface area contributed by atoms with Crippen molar-refractivity contribution in [3.05, 3.63) is 18.2 Å². The highest BCUT2D eigenvalue weighted by Gasteiger charge is 2.26. The second-order valence-electron chi connectivity index (χ2n) is 6.88. The predicted octanol–water partition coefficient (Wildman–Crippen LogP) is 2.63. The third kappa shape index (κ3) is 5.05. The number of carbonyl (C=O) groups excluding carboxylic acids is 1. The maximum Gasteiger partial charge on any atom is 0.222 e. The van der Waals surface area contributed by atoms with Crippen LogP contribution in [0.5, 0.6) is 11.5 Å². The van der Waals surface area contributed by atoms with Crippen LogP contribution in [0.2, 0.25) is 0 Å². The summed E-state index contributed by atoms with van der Waals surface area (Å²) < 4.78 is 11.4. The second kappa shape index (κ2) is 9.48. The average Bonchev–Trinajstić information content (AvgIpc) is 2.97. The lowest BCUT2D eigenvalue weighted by Crippen LogP contribution is -2.39. The van der Waals surface area contributed by atoms with Crippen LogP contribution in [0.4, 0.5) is 5.69 Å². The number of benzene rings is 1. The van der Waals surface area contributed by atoms with Crippen LogP contribution in [0.3, 0.4) is 0 Å². The molecule has 7 heteroatoms. The Bertz CT molecular complexity index is 677. The molecule has 1 aromatic rings. The quantitative estimate of drug-likeness (QED) is 0.591. The van der Waals surface area contributed by atoms with E-state index in [1.807, 2.05) is 23.1 Å². The lowest BCUT2D eigenvalue weighted by Gasteiger charge is -2.27. The van der Waals surface area contributed by atoms with E-state index in [4.69, 9.17) is 9.47 Å². The first kappa shape index (κ1) is 19.3. The molecule has 0 saturated carbocycles. The molecule has 2 aliphatic heterocycles. The topological polar surface area (TPSA) is 75.2 Å². The zero-order valence-electron chi connectivity index (χ0n) is 16.3. The highest BCUT2D eigenvalue weighted by atomic mass is 16.5. The molecule has 3 rings (SSSR count). The van der Waals surface area contributed by atoms with Crippen molar-refractivity contribution in [3.8, 4) is 11.5 Å². The summed E-state index contributed by atoms with van der Waals surface area (Å²) in [5.74, 6) is 2.53. The van der Waals surface area contributed by atoms with Crippen LogP contribution in [-0.4, -0.2) is 56.2 Å². The molecule has 1 aromatic carbocycles. The zero-order chi connectivity index (χ0) is 19.1. The standard InChI is InChI=1S/C20H30N4O3/c1-3-16(24-11-4-6-19(24)25)9-10-22-20(21-2)23-15-7-8-17-18(14-15)27-13-5-12-26-17/h7-8,14,16H,3-6,9-13H2,1-2H3,(H2,21,22,23). The number of likely N-dealkylation sites (tertiary alicyclic amines) is 1. The molecule has 0 spiro atoms. The van der Waals surface area contributed by atoms with Gasteiger partial charge in [-0.25, -0.2) is 0 Å². The first-order valence-electron chi connectivity index (χ1n) is 9.88. The Morgan fingerprint density at radius 3 is 2.78 bits per heavy atom. The van der Waals surface area contributed by atoms with Crippen LogP contribution in [0.1, 0.15) is 39.0 Å². The number of ether oxygens (including phenoxy) is 2. The van der Waals surface area contributed by atoms with Crippen molar-refractivity contribution >= 4 is 17.6 Å². The van der Waals surface area contributed by atoms with E-state index < -0.39 is 0 Å². The van der Waals surface area contributed by atoms with Gasteiger partial charge in [-0.3, -0.25) is 9.79 Å². The zero-order valence-corrected chi connectivity index (χ0v) is 16.3. The molecule has 0 aliphatic carbocycles. The molecular weight excluding hydrogens is 344 g/mol. The minimum atomic E-state index is 0.288. The van der Waals surface area contributed by atoms with E-state index in [1.165, 1.54) is 0 Å². The lowest BCUT2D eigenvalue weighted by atomic mass is 10.1. The van der Waals surface area contributed by atoms with Crippen molar-refractivity contribution in [1.82, 2.24) is 10.2 Å². The van der Waals surface area contributed by atoms with Crippen molar-refractivity contribution in [2.24, 2.45) is 4.99 Å². The molecule has 1 fully saturated rings. The fourth-order valence-electron chi connectivity index (χ4n) is 3.55. The van der Waals surface area contributed by atoms with Gasteiger partial charge >= 0.3 is 0 Å². The van der Waals surface area contributed by atoms with E-state index in [9.17, 15) is 4.79 Å². The minimum Gasteiger partial charge on any atom is -0.490 e. The smallest absolute Gasteiger partial charge is 0.222 e. The van der Waals surface area contributed by atoms with Crippen LogP contribution in [0.25, 0.3) is 0 Å². The van der Waals surface area contributed by atoms with E-state index >= 15 is 0 Å². The summed E-state index contributed by atoms with van der Waals surface area (Å²) in [5.41, 5.74) is 0.897. The molecule has 2 heterocycles. The van der Waals surface area contributed by atoms with E-state index in [2.05, 4.69) is 22.5 Å². The normalized spacial score (nSPS) is 18.2. The lowest BCUT2D eigenvalue weighted by molar-refractivity contribution is -0.129. The minimum absolute atomic E-state index is 0.288. The molecule has 1 amide bonds. The summed E-state index contributed by atoms with van der Waals surface area (Å²) >= 11 is 0. The Morgan fingerprint density at radius 2 is 2.07 bits per heavy atom. The molecule has 1 saturated heterocycles. The van der Waals surface area contributed by atoms with Crippen molar-refractivity contribution < 1.29 is 14.3 Å². The molecule has 0 radical (unpaired) electrons. The van der Waals surface area contributed by atoms with Crippen LogP contribution in [-0.2, 0) is 4.79 Å². The van der Waals surface area contributed by atoms with Gasteiger partial charge in [-0.1, -0.05) is 6.92 Å². The number of nitrogens with one attached hydrogen (secondary N) is 2. The van der Waals surface area contributed by atoms with Gasteiger partial charge in [0.1, 0.15) is 0 Å². The van der Waals surface area contributed by atoms with E-state index in [-0.39, 0.29) is 5.91 Å². The number of fused-ring (bicyclic) bond motifs is 1. The van der Waals surface area contributed by atoms with Gasteiger partial charge in [0, 0.05) is 50.8 Å². The second-order valence-corrected chi connectivity index (χ2v) is 6.88. The summed E-state index contributed by atoms with van der Waals surface area (Å²) in [6, 6.07) is 6.11. The molecule has 1 atom stereocenters. The first-order chi connectivity index (χ1) is 13.2. The number of amides is 1. The average molecular weight is 374 g/mol. The number of carbonyl (C=O) groups is 1. The summed E-state index contributed by atoms with van der Waals surface area (Å²) in [6.07, 6.45) is 4.44. The number of rotatable bonds is 6. The summed E-state index contributed by atoms with van der Waals surface area (Å²) in [4.78, 5) is 18.3. The number of aliphatic imine (C=N–C) groups is 1. The SMILES string of the molecule is CCC(CCNC(=NC)Nc1ccc2c(c1)OCCCO2)N1CCCC1=O. The molecule has 0 aromatic heterocycles. The van der Waals surface area contributed by atoms with Crippen molar-refractivity contribution in [3.63, 3.8) is 0 Å². The summed E-state index contributed by atoms with van der Waals surface area (Å²) in [6.45, 7) is 5.13. The maximum absolute atomic E-state index is 12.0. The van der Waals surface area contributed by atoms with Gasteiger partial charge in [0.15, 0.2) is 17.5 Å². The highest BCUT2D eigenvalue weighted by molar-refractivity contribution is 5.93. The summed E-state index contributed by atoms with van der Waals surface area (Å²) in [5, 5.41) is 6.63. The van der Waals surface area contributed by atoms with Crippen LogP contribution < -0.4 is 20.1 Å². The molecular formula is C20H30N4O3. The molecule has 1 unspecified atom stereocenters. The monoisotopic (exact) mass is 374 g/mol. The van der Waals surface area contributed by atoms with Gasteiger partial charge < -0.3 is 25.0 Å². The summed E-state index contributed by atoms with van der Waals surface area (Å²) in [7, 11) is 1.75. The van der Waals surface area contributed by atoms with Crippen molar-refractivity contribution in [2.75, 3.05) is 38.7 Å². The predicted molar refractivity (Wildman–Crippen MR) is 107 cm³/mol. The van der Waals surface area contributed by atoms with Crippen molar-refractivity contribution in [1.29, 1.82) is 0 Å². The fourth-order valence-corrected chi connectivity index (χ4v) is 3.55. The van der Waals surface area contributed by atoms with Gasteiger partial charge in [0.25, 0.3) is 0 Å². The van der Waals surface area contributed by atoms with E-state index in [0.29, 0.717) is 31.6 Å². The van der Waals surface area contributed by atoms with Gasteiger partial charge in [0.05, 0.1) is 13.2 Å². The largest absolute Gasteiger partial charge is 0.490 e. The van der Waals surface area contributed by atoms with Gasteiger partial charge in [0.2, 0.25) is 5.91 Å². The molecule has 0 bridgehead atoms. The fraction of sp³-hybridized carbons (Fsp3) is 0.600. The van der Waals surface area contributed by atoms with Crippen molar-refractivity contribution in [2.45, 2.75) is 45.1 Å². The Balaban J connectivity index is 1.52. The Kier molecular flexibility index (Phi) is 6.79. The number of hydrogen-bond donors (Lipinski definition) is 2. The number of hydrogen-bond acceptors (Lipinski definition) is 4. The van der Waals surface area contributed by atoms with E-state index in [1.54, 1.807) is 7.05 Å². The molecule has 2 N–H and O–H groups in total. The molecule has 148 valence electrons. The van der Waals surface area contributed by atoms with Crippen LogP contribution >= 0.6 is 0 Å². The van der Waals surface area contributed by atoms with Gasteiger partial charge in [-0.2, -0.15) is 0 Å². The third-order valence-electron chi connectivity index (χ3n) is 5.03. The van der Waals surface area contributed by atoms with Crippen LogP contribution in [0.15, 0.2) is 23.2 Å². The Hall–Kier alpha value is -2.44. The maximum atomic E-state index is 12.0. The number of anilines is 1. The number of guanidine groups is 1. The molecule has 2 aliphatic rings. The van der Waals surface area contributed by atoms with E-state index in [0.717, 1.165) is 56.0 Å². The van der Waals surface area contributed by atoms with Gasteiger partial charge in [-0.15, -0.1) is 0 Å². The van der Waals surface area contributed by atoms with Crippen LogP contribution in [0, 0.1) is 0 Å². The molecule has 27 heavy (non-hydrogen) atoms. The Morgan fingerprint density at radius 1 is 1.26 bits per heavy atom. The molecule has 7 nitrogen and oxygen atoms in total. The van der Waals surface area contributed by atoms with Gasteiger partial charge in [-0.05, 0) is 31.4 Å². The number of nitrogens with zero attached hydrogens (tertiary/aromatic N) is 2. The first-order valence-corrected chi connectivity index (χ1v) is 9.88. The third-order valence-corrected chi connectivity index (χ3v) is 5.03. The Labute approximate surface area is 161 Å². The highest BCUT2D eigenvalue weighted by Crippen LogP contribution is 2.32.